The molecule has 0 atom stereocenters. The molecular weight excluding hydrogens is 484 g/mol. The van der Waals surface area contributed by atoms with Crippen LogP contribution in [0.25, 0.3) is 0 Å². The Bertz CT molecular complexity index is 1310. The first-order chi connectivity index (χ1) is 18.4. The Hall–Kier alpha value is -4.44. The average Bonchev–Trinajstić information content (AvgIpc) is 2.93. The van der Waals surface area contributed by atoms with Gasteiger partial charge in [0.05, 0.1) is 24.4 Å². The minimum absolute atomic E-state index is 0.177. The number of ether oxygens (including phenoxy) is 2. The van der Waals surface area contributed by atoms with Crippen LogP contribution in [0.3, 0.4) is 0 Å². The third-order valence-electron chi connectivity index (χ3n) is 6.13. The van der Waals surface area contributed by atoms with Gasteiger partial charge >= 0.3 is 0 Å². The summed E-state index contributed by atoms with van der Waals surface area (Å²) < 4.78 is 10.9. The van der Waals surface area contributed by atoms with Crippen molar-refractivity contribution in [2.24, 2.45) is 0 Å². The fourth-order valence-electron chi connectivity index (χ4n) is 4.12. The number of anilines is 6. The number of ketones is 1. The lowest BCUT2D eigenvalue weighted by Gasteiger charge is -2.29. The first-order valence-corrected chi connectivity index (χ1v) is 12.4. The van der Waals surface area contributed by atoms with Crippen LogP contribution in [-0.2, 0) is 9.53 Å². The van der Waals surface area contributed by atoms with Crippen LogP contribution in [-0.4, -0.2) is 61.6 Å². The maximum atomic E-state index is 12.3. The van der Waals surface area contributed by atoms with Gasteiger partial charge in [-0.05, 0) is 62.4 Å². The van der Waals surface area contributed by atoms with Gasteiger partial charge < -0.3 is 29.9 Å². The molecule has 1 aromatic heterocycles. The van der Waals surface area contributed by atoms with Gasteiger partial charge in [-0.25, -0.2) is 4.98 Å². The summed E-state index contributed by atoms with van der Waals surface area (Å²) in [6.07, 6.45) is 2.77. The summed E-state index contributed by atoms with van der Waals surface area (Å²) in [7, 11) is 1.69. The van der Waals surface area contributed by atoms with E-state index in [4.69, 9.17) is 9.47 Å². The summed E-state index contributed by atoms with van der Waals surface area (Å²) in [4.78, 5) is 37.4. The zero-order chi connectivity index (χ0) is 27.1. The molecule has 2 heterocycles. The van der Waals surface area contributed by atoms with Crippen molar-refractivity contribution < 1.29 is 19.1 Å². The van der Waals surface area contributed by atoms with Gasteiger partial charge in [-0.15, -0.1) is 0 Å². The van der Waals surface area contributed by atoms with E-state index in [1.54, 1.807) is 24.1 Å². The van der Waals surface area contributed by atoms with Gasteiger partial charge in [0.1, 0.15) is 18.2 Å². The number of hydrogen-bond donors (Lipinski definition) is 2. The molecule has 198 valence electrons. The molecule has 1 aliphatic heterocycles. The second-order valence-electron chi connectivity index (χ2n) is 8.61. The van der Waals surface area contributed by atoms with E-state index < -0.39 is 0 Å². The van der Waals surface area contributed by atoms with Crippen molar-refractivity contribution in [3.05, 3.63) is 66.9 Å². The normalized spacial score (nSPS) is 12.2. The molecule has 0 bridgehead atoms. The third kappa shape index (κ3) is 6.09. The lowest BCUT2D eigenvalue weighted by molar-refractivity contribution is -0.114. The Kier molecular flexibility index (Phi) is 8.55. The Morgan fingerprint density at radius 3 is 2.63 bits per heavy atom. The van der Waals surface area contributed by atoms with Gasteiger partial charge in [-0.2, -0.15) is 4.98 Å². The fourth-order valence-corrected chi connectivity index (χ4v) is 4.12. The smallest absolute Gasteiger partial charge is 0.250 e. The van der Waals surface area contributed by atoms with E-state index in [1.165, 1.54) is 19.2 Å². The van der Waals surface area contributed by atoms with E-state index in [9.17, 15) is 9.59 Å². The zero-order valence-corrected chi connectivity index (χ0v) is 21.9. The standard InChI is InChI=1S/C28H32N6O4/c1-5-26(36)34-14-16-38-25-12-9-21(17-24(25)34)30-27-23(19(3)35)18-29-28(32-27)31-20-7-10-22(11-8-20)33(6-2)13-15-37-4/h5,7-12,17-18H,1,6,13-16H2,2-4H3,(H2,29,30,31,32). The Labute approximate surface area is 222 Å². The van der Waals surface area contributed by atoms with E-state index in [0.717, 1.165) is 24.5 Å². The number of carbonyl (C=O) groups excluding carboxylic acids is 2. The van der Waals surface area contributed by atoms with Crippen molar-refractivity contribution in [1.82, 2.24) is 9.97 Å². The molecule has 4 rings (SSSR count). The molecule has 10 nitrogen and oxygen atoms in total. The predicted octanol–water partition coefficient (Wildman–Crippen LogP) is 4.55. The highest BCUT2D eigenvalue weighted by Crippen LogP contribution is 2.35. The van der Waals surface area contributed by atoms with Crippen LogP contribution >= 0.6 is 0 Å². The van der Waals surface area contributed by atoms with E-state index in [-0.39, 0.29) is 11.7 Å². The fraction of sp³-hybridized carbons (Fsp3) is 0.286. The number of fused-ring (bicyclic) bond motifs is 1. The molecule has 0 spiro atoms. The molecule has 2 aromatic carbocycles. The number of nitrogens with zero attached hydrogens (tertiary/aromatic N) is 4. The maximum Gasteiger partial charge on any atom is 0.250 e. The number of hydrogen-bond acceptors (Lipinski definition) is 9. The van der Waals surface area contributed by atoms with Crippen LogP contribution in [0.4, 0.5) is 34.5 Å². The lowest BCUT2D eigenvalue weighted by Crippen LogP contribution is -2.36. The molecule has 0 fully saturated rings. The maximum absolute atomic E-state index is 12.3. The summed E-state index contributed by atoms with van der Waals surface area (Å²) in [6, 6.07) is 13.3. The van der Waals surface area contributed by atoms with Crippen LogP contribution in [0.1, 0.15) is 24.2 Å². The molecule has 1 amide bonds. The highest BCUT2D eigenvalue weighted by atomic mass is 16.5. The van der Waals surface area contributed by atoms with Gasteiger partial charge in [-0.3, -0.25) is 9.59 Å². The minimum Gasteiger partial charge on any atom is -0.490 e. The van der Waals surface area contributed by atoms with Crippen LogP contribution in [0.15, 0.2) is 61.3 Å². The van der Waals surface area contributed by atoms with Crippen molar-refractivity contribution in [3.8, 4) is 5.75 Å². The van der Waals surface area contributed by atoms with E-state index in [2.05, 4.69) is 39.0 Å². The molecule has 0 saturated carbocycles. The number of likely N-dealkylation sites (N-methyl/N-ethyl adjacent to an activating group) is 1. The van der Waals surface area contributed by atoms with Crippen molar-refractivity contribution >= 4 is 46.2 Å². The quantitative estimate of drug-likeness (QED) is 0.280. The highest BCUT2D eigenvalue weighted by molar-refractivity contribution is 6.03. The number of nitrogens with one attached hydrogen (secondary N) is 2. The summed E-state index contributed by atoms with van der Waals surface area (Å²) in [5, 5.41) is 6.41. The molecule has 10 heteroatoms. The summed E-state index contributed by atoms with van der Waals surface area (Å²) in [5.41, 5.74) is 3.50. The monoisotopic (exact) mass is 516 g/mol. The van der Waals surface area contributed by atoms with Crippen LogP contribution in [0.5, 0.6) is 5.75 Å². The SMILES string of the molecule is C=CC(=O)N1CCOc2ccc(Nc3nc(Nc4ccc(N(CC)CCOC)cc4)ncc3C(C)=O)cc21. The topological polar surface area (TPSA) is 109 Å². The molecular formula is C28H32N6O4. The van der Waals surface area contributed by atoms with Crippen molar-refractivity contribution in [1.29, 1.82) is 0 Å². The van der Waals surface area contributed by atoms with Crippen LogP contribution in [0.2, 0.25) is 0 Å². The van der Waals surface area contributed by atoms with Gasteiger partial charge in [0.2, 0.25) is 5.95 Å². The summed E-state index contributed by atoms with van der Waals surface area (Å²) in [6.45, 7) is 10.3. The number of amides is 1. The van der Waals surface area contributed by atoms with E-state index in [0.29, 0.717) is 54.2 Å². The molecule has 0 saturated heterocycles. The van der Waals surface area contributed by atoms with E-state index in [1.807, 2.05) is 30.3 Å². The second-order valence-corrected chi connectivity index (χ2v) is 8.61. The Morgan fingerprint density at radius 2 is 1.95 bits per heavy atom. The number of Topliss-reactive ketones (excluding diaryl/α,β-unsaturated/α-hetero) is 1. The summed E-state index contributed by atoms with van der Waals surface area (Å²) >= 11 is 0. The molecule has 0 unspecified atom stereocenters. The zero-order valence-electron chi connectivity index (χ0n) is 21.9. The van der Waals surface area contributed by atoms with Gasteiger partial charge in [0.25, 0.3) is 5.91 Å². The van der Waals surface area contributed by atoms with E-state index >= 15 is 0 Å². The number of methoxy groups -OCH3 is 1. The number of benzene rings is 2. The Balaban J connectivity index is 1.56. The third-order valence-corrected chi connectivity index (χ3v) is 6.13. The van der Waals surface area contributed by atoms with Gasteiger partial charge in [0.15, 0.2) is 5.78 Å². The predicted molar refractivity (Wildman–Crippen MR) is 149 cm³/mol. The van der Waals surface area contributed by atoms with Gasteiger partial charge in [0, 0.05) is 43.5 Å². The van der Waals surface area contributed by atoms with Crippen molar-refractivity contribution in [3.63, 3.8) is 0 Å². The lowest BCUT2D eigenvalue weighted by atomic mass is 10.2. The summed E-state index contributed by atoms with van der Waals surface area (Å²) in [5.74, 6) is 0.893. The first kappa shape index (κ1) is 26.6. The van der Waals surface area contributed by atoms with Crippen molar-refractivity contribution in [2.45, 2.75) is 13.8 Å². The number of carbonyl (C=O) groups is 2. The van der Waals surface area contributed by atoms with Crippen LogP contribution < -0.4 is 25.2 Å². The Morgan fingerprint density at radius 1 is 1.18 bits per heavy atom. The molecule has 1 aliphatic rings. The number of rotatable bonds is 11. The average molecular weight is 517 g/mol. The molecule has 3 aromatic rings. The second kappa shape index (κ2) is 12.2. The highest BCUT2D eigenvalue weighted by Gasteiger charge is 2.23. The number of aromatic nitrogens is 2. The molecule has 2 N–H and O–H groups in total. The van der Waals surface area contributed by atoms with Gasteiger partial charge in [-0.1, -0.05) is 6.58 Å². The molecule has 0 radical (unpaired) electrons. The molecule has 38 heavy (non-hydrogen) atoms. The largest absolute Gasteiger partial charge is 0.490 e. The minimum atomic E-state index is -0.212. The molecule has 0 aliphatic carbocycles. The van der Waals surface area contributed by atoms with Crippen LogP contribution in [0, 0.1) is 0 Å². The van der Waals surface area contributed by atoms with Crippen molar-refractivity contribution in [2.75, 3.05) is 60.4 Å². The first-order valence-electron chi connectivity index (χ1n) is 12.4.